The number of rotatable bonds is 6. The SMILES string of the molecule is CCN(C(=O)CCC(C)C)C1CCCCC1CN. The summed E-state index contributed by atoms with van der Waals surface area (Å²) in [6, 6.07) is 0.397. The zero-order valence-electron chi connectivity index (χ0n) is 12.3. The molecule has 0 aromatic heterocycles. The van der Waals surface area contributed by atoms with Crippen molar-refractivity contribution in [1.82, 2.24) is 4.90 Å². The minimum absolute atomic E-state index is 0.330. The van der Waals surface area contributed by atoms with Crippen LogP contribution in [0.2, 0.25) is 0 Å². The van der Waals surface area contributed by atoms with Crippen LogP contribution in [0, 0.1) is 11.8 Å². The van der Waals surface area contributed by atoms with E-state index in [0.717, 1.165) is 25.9 Å². The molecule has 2 N–H and O–H groups in total. The van der Waals surface area contributed by atoms with Crippen LogP contribution in [0.5, 0.6) is 0 Å². The van der Waals surface area contributed by atoms with E-state index < -0.39 is 0 Å². The second-order valence-electron chi connectivity index (χ2n) is 5.96. The van der Waals surface area contributed by atoms with Gasteiger partial charge in [0.25, 0.3) is 0 Å². The predicted molar refractivity (Wildman–Crippen MR) is 76.3 cm³/mol. The Kier molecular flexibility index (Phi) is 6.69. The Labute approximate surface area is 112 Å². The van der Waals surface area contributed by atoms with E-state index in [1.54, 1.807) is 0 Å². The number of carbonyl (C=O) groups excluding carboxylic acids is 1. The van der Waals surface area contributed by atoms with Gasteiger partial charge in [0.15, 0.2) is 0 Å². The van der Waals surface area contributed by atoms with Crippen LogP contribution in [0.3, 0.4) is 0 Å². The van der Waals surface area contributed by atoms with Gasteiger partial charge in [-0.05, 0) is 44.6 Å². The molecule has 1 aliphatic carbocycles. The highest BCUT2D eigenvalue weighted by molar-refractivity contribution is 5.76. The molecule has 106 valence electrons. The molecule has 0 radical (unpaired) electrons. The number of nitrogens with zero attached hydrogens (tertiary/aromatic N) is 1. The van der Waals surface area contributed by atoms with Crippen LogP contribution >= 0.6 is 0 Å². The zero-order chi connectivity index (χ0) is 13.5. The van der Waals surface area contributed by atoms with Gasteiger partial charge in [-0.3, -0.25) is 4.79 Å². The lowest BCUT2D eigenvalue weighted by Gasteiger charge is -2.39. The summed E-state index contributed by atoms with van der Waals surface area (Å²) in [4.78, 5) is 14.4. The molecule has 0 aromatic rings. The van der Waals surface area contributed by atoms with Crippen LogP contribution < -0.4 is 5.73 Å². The van der Waals surface area contributed by atoms with Gasteiger partial charge >= 0.3 is 0 Å². The number of nitrogens with two attached hydrogens (primary N) is 1. The molecular formula is C15H30N2O. The molecule has 2 unspecified atom stereocenters. The molecule has 2 atom stereocenters. The summed E-state index contributed by atoms with van der Waals surface area (Å²) >= 11 is 0. The Bertz CT molecular complexity index is 253. The van der Waals surface area contributed by atoms with Gasteiger partial charge in [-0.25, -0.2) is 0 Å². The smallest absolute Gasteiger partial charge is 0.222 e. The third-order valence-electron chi connectivity index (χ3n) is 4.17. The predicted octanol–water partition coefficient (Wildman–Crippen LogP) is 2.79. The Balaban J connectivity index is 2.59. The molecule has 18 heavy (non-hydrogen) atoms. The van der Waals surface area contributed by atoms with Crippen molar-refractivity contribution in [3.63, 3.8) is 0 Å². The topological polar surface area (TPSA) is 46.3 Å². The van der Waals surface area contributed by atoms with Crippen LogP contribution in [0.15, 0.2) is 0 Å². The standard InChI is InChI=1S/C15H30N2O/c1-4-17(15(18)10-9-12(2)3)14-8-6-5-7-13(14)11-16/h12-14H,4-11,16H2,1-3H3. The number of carbonyl (C=O) groups is 1. The molecule has 0 aliphatic heterocycles. The van der Waals surface area contributed by atoms with Crippen molar-refractivity contribution in [3.8, 4) is 0 Å². The van der Waals surface area contributed by atoms with Crippen molar-refractivity contribution in [2.75, 3.05) is 13.1 Å². The van der Waals surface area contributed by atoms with Gasteiger partial charge in [0.1, 0.15) is 0 Å². The average molecular weight is 254 g/mol. The summed E-state index contributed by atoms with van der Waals surface area (Å²) in [6.45, 7) is 7.99. The molecule has 0 saturated heterocycles. The zero-order valence-corrected chi connectivity index (χ0v) is 12.3. The fourth-order valence-corrected chi connectivity index (χ4v) is 3.02. The molecule has 1 rings (SSSR count). The summed E-state index contributed by atoms with van der Waals surface area (Å²) in [7, 11) is 0. The third kappa shape index (κ3) is 4.27. The van der Waals surface area contributed by atoms with Crippen molar-refractivity contribution in [1.29, 1.82) is 0 Å². The largest absolute Gasteiger partial charge is 0.340 e. The van der Waals surface area contributed by atoms with Crippen LogP contribution in [0.4, 0.5) is 0 Å². The lowest BCUT2D eigenvalue weighted by Crippen LogP contribution is -2.48. The van der Waals surface area contributed by atoms with Gasteiger partial charge < -0.3 is 10.6 Å². The van der Waals surface area contributed by atoms with Gasteiger partial charge in [0, 0.05) is 19.0 Å². The first-order valence-corrected chi connectivity index (χ1v) is 7.59. The van der Waals surface area contributed by atoms with Gasteiger partial charge in [-0.1, -0.05) is 26.7 Å². The van der Waals surface area contributed by atoms with Crippen molar-refractivity contribution < 1.29 is 4.79 Å². The van der Waals surface area contributed by atoms with Crippen molar-refractivity contribution >= 4 is 5.91 Å². The molecule has 1 aliphatic rings. The molecule has 0 heterocycles. The van der Waals surface area contributed by atoms with Crippen LogP contribution in [0.1, 0.15) is 59.3 Å². The van der Waals surface area contributed by atoms with E-state index in [4.69, 9.17) is 5.73 Å². The van der Waals surface area contributed by atoms with E-state index in [9.17, 15) is 4.79 Å². The highest BCUT2D eigenvalue weighted by Gasteiger charge is 2.30. The minimum atomic E-state index is 0.330. The first kappa shape index (κ1) is 15.5. The fraction of sp³-hybridized carbons (Fsp3) is 0.933. The number of hydrogen-bond acceptors (Lipinski definition) is 2. The van der Waals surface area contributed by atoms with Crippen LogP contribution in [-0.2, 0) is 4.79 Å². The average Bonchev–Trinajstić information content (AvgIpc) is 2.37. The lowest BCUT2D eigenvalue weighted by molar-refractivity contribution is -0.135. The lowest BCUT2D eigenvalue weighted by atomic mass is 9.83. The molecular weight excluding hydrogens is 224 g/mol. The second kappa shape index (κ2) is 7.78. The maximum atomic E-state index is 12.3. The summed E-state index contributed by atoms with van der Waals surface area (Å²) < 4.78 is 0. The van der Waals surface area contributed by atoms with E-state index in [1.165, 1.54) is 19.3 Å². The quantitative estimate of drug-likeness (QED) is 0.792. The first-order valence-electron chi connectivity index (χ1n) is 7.59. The highest BCUT2D eigenvalue weighted by atomic mass is 16.2. The highest BCUT2D eigenvalue weighted by Crippen LogP contribution is 2.28. The van der Waals surface area contributed by atoms with E-state index in [1.807, 2.05) is 0 Å². The van der Waals surface area contributed by atoms with Crippen molar-refractivity contribution in [2.45, 2.75) is 65.3 Å². The number of hydrogen-bond donors (Lipinski definition) is 1. The maximum absolute atomic E-state index is 12.3. The Morgan fingerprint density at radius 3 is 2.56 bits per heavy atom. The van der Waals surface area contributed by atoms with Crippen molar-refractivity contribution in [2.24, 2.45) is 17.6 Å². The maximum Gasteiger partial charge on any atom is 0.222 e. The van der Waals surface area contributed by atoms with Gasteiger partial charge in [-0.2, -0.15) is 0 Å². The summed E-state index contributed by atoms with van der Waals surface area (Å²) in [5.41, 5.74) is 5.87. The number of amides is 1. The third-order valence-corrected chi connectivity index (χ3v) is 4.17. The second-order valence-corrected chi connectivity index (χ2v) is 5.96. The van der Waals surface area contributed by atoms with Gasteiger partial charge in [0.2, 0.25) is 5.91 Å². The first-order chi connectivity index (χ1) is 8.60. The van der Waals surface area contributed by atoms with Gasteiger partial charge in [0.05, 0.1) is 0 Å². The van der Waals surface area contributed by atoms with E-state index >= 15 is 0 Å². The van der Waals surface area contributed by atoms with Crippen LogP contribution in [0.25, 0.3) is 0 Å². The molecule has 0 bridgehead atoms. The van der Waals surface area contributed by atoms with Crippen LogP contribution in [-0.4, -0.2) is 29.9 Å². The normalized spacial score (nSPS) is 24.3. The summed E-state index contributed by atoms with van der Waals surface area (Å²) in [5, 5.41) is 0. The molecule has 1 amide bonds. The van der Waals surface area contributed by atoms with Crippen molar-refractivity contribution in [3.05, 3.63) is 0 Å². The Morgan fingerprint density at radius 2 is 2.00 bits per heavy atom. The van der Waals surface area contributed by atoms with E-state index in [2.05, 4.69) is 25.7 Å². The minimum Gasteiger partial charge on any atom is -0.340 e. The Morgan fingerprint density at radius 1 is 1.33 bits per heavy atom. The molecule has 1 saturated carbocycles. The Hall–Kier alpha value is -0.570. The monoisotopic (exact) mass is 254 g/mol. The molecule has 3 heteroatoms. The van der Waals surface area contributed by atoms with E-state index in [-0.39, 0.29) is 0 Å². The molecule has 3 nitrogen and oxygen atoms in total. The van der Waals surface area contributed by atoms with E-state index in [0.29, 0.717) is 30.2 Å². The van der Waals surface area contributed by atoms with Gasteiger partial charge in [-0.15, -0.1) is 0 Å². The molecule has 1 fully saturated rings. The fourth-order valence-electron chi connectivity index (χ4n) is 3.02. The molecule has 0 spiro atoms. The summed E-state index contributed by atoms with van der Waals surface area (Å²) in [5.74, 6) is 1.45. The molecule has 0 aromatic carbocycles. The summed E-state index contributed by atoms with van der Waals surface area (Å²) in [6.07, 6.45) is 6.54.